The van der Waals surface area contributed by atoms with Gasteiger partial charge in [0.25, 0.3) is 5.56 Å². The molecule has 0 aliphatic carbocycles. The van der Waals surface area contributed by atoms with Crippen LogP contribution in [0.4, 0.5) is 4.79 Å². The van der Waals surface area contributed by atoms with Crippen molar-refractivity contribution in [2.75, 3.05) is 13.2 Å². The summed E-state index contributed by atoms with van der Waals surface area (Å²) in [6, 6.07) is 11.0. The Morgan fingerprint density at radius 1 is 1.25 bits per heavy atom. The lowest BCUT2D eigenvalue weighted by atomic mass is 10.0. The first kappa shape index (κ1) is 21.3. The Balaban J connectivity index is 1.44. The molecule has 3 heterocycles. The number of hydrogen-bond donors (Lipinski definition) is 0. The Morgan fingerprint density at radius 2 is 2.03 bits per heavy atom. The summed E-state index contributed by atoms with van der Waals surface area (Å²) in [7, 11) is 0. The molecule has 166 valence electrons. The largest absolute Gasteiger partial charge is 0.489 e. The van der Waals surface area contributed by atoms with Crippen molar-refractivity contribution in [3.05, 3.63) is 67.6 Å². The van der Waals surface area contributed by atoms with Crippen LogP contribution in [-0.2, 0) is 11.3 Å². The topological polar surface area (TPSA) is 73.7 Å². The molecule has 1 aromatic heterocycles. The van der Waals surface area contributed by atoms with Crippen LogP contribution < -0.4 is 10.3 Å². The second-order valence-corrected chi connectivity index (χ2v) is 9.46. The number of benzene rings is 2. The molecule has 2 aliphatic rings. The van der Waals surface area contributed by atoms with E-state index < -0.39 is 0 Å². The summed E-state index contributed by atoms with van der Waals surface area (Å²) in [5.41, 5.74) is 1.46. The van der Waals surface area contributed by atoms with Crippen molar-refractivity contribution in [2.24, 2.45) is 0 Å². The van der Waals surface area contributed by atoms with E-state index in [1.807, 2.05) is 37.3 Å². The lowest BCUT2D eigenvalue weighted by molar-refractivity contribution is 0.0931. The summed E-state index contributed by atoms with van der Waals surface area (Å²) >= 11 is 9.54. The van der Waals surface area contributed by atoms with Gasteiger partial charge in [-0.05, 0) is 52.7 Å². The zero-order valence-corrected chi connectivity index (χ0v) is 19.7. The van der Waals surface area contributed by atoms with E-state index in [1.165, 1.54) is 0 Å². The summed E-state index contributed by atoms with van der Waals surface area (Å²) in [6.45, 7) is 3.24. The number of hydrogen-bond acceptors (Lipinski definition) is 5. The standard InChI is InChI=1S/C23H21BrClN3O4/c1-13-26-20-10-19(24)21(32-17-6-7-27-16(8-17)12-31-23(27)30)9-18(20)22(29)28(13)11-14-2-4-15(25)5-3-14/h2-5,9-10,16-17H,6-8,11-12H2,1H3/t16-,17-/m0/s1. The molecule has 9 heteroatoms. The van der Waals surface area contributed by atoms with Crippen molar-refractivity contribution < 1.29 is 14.3 Å². The maximum absolute atomic E-state index is 13.3. The van der Waals surface area contributed by atoms with Crippen LogP contribution in [0.1, 0.15) is 24.2 Å². The number of ether oxygens (including phenoxy) is 2. The van der Waals surface area contributed by atoms with Gasteiger partial charge in [-0.15, -0.1) is 0 Å². The Hall–Kier alpha value is -2.58. The minimum atomic E-state index is -0.247. The minimum Gasteiger partial charge on any atom is -0.489 e. The lowest BCUT2D eigenvalue weighted by Crippen LogP contribution is -2.44. The third-order valence-corrected chi connectivity index (χ3v) is 6.92. The van der Waals surface area contributed by atoms with Gasteiger partial charge < -0.3 is 14.4 Å². The van der Waals surface area contributed by atoms with E-state index in [9.17, 15) is 9.59 Å². The number of aryl methyl sites for hydroxylation is 1. The van der Waals surface area contributed by atoms with Crippen molar-refractivity contribution >= 4 is 44.5 Å². The highest BCUT2D eigenvalue weighted by Gasteiger charge is 2.39. The molecule has 3 aromatic rings. The molecule has 2 saturated heterocycles. The van der Waals surface area contributed by atoms with Crippen LogP contribution in [0.5, 0.6) is 5.75 Å². The van der Waals surface area contributed by atoms with Crippen LogP contribution in [0.3, 0.4) is 0 Å². The van der Waals surface area contributed by atoms with Gasteiger partial charge in [0.2, 0.25) is 0 Å². The Kier molecular flexibility index (Phi) is 5.59. The molecule has 2 aromatic carbocycles. The van der Waals surface area contributed by atoms with E-state index in [0.29, 0.717) is 60.0 Å². The Morgan fingerprint density at radius 3 is 2.81 bits per heavy atom. The minimum absolute atomic E-state index is 0.0430. The molecule has 7 nitrogen and oxygen atoms in total. The number of fused-ring (bicyclic) bond motifs is 2. The summed E-state index contributed by atoms with van der Waals surface area (Å²) in [5.74, 6) is 1.23. The fourth-order valence-electron chi connectivity index (χ4n) is 4.33. The number of cyclic esters (lactones) is 1. The van der Waals surface area contributed by atoms with Gasteiger partial charge in [-0.1, -0.05) is 23.7 Å². The van der Waals surface area contributed by atoms with E-state index in [4.69, 9.17) is 21.1 Å². The van der Waals surface area contributed by atoms with Crippen molar-refractivity contribution in [1.29, 1.82) is 0 Å². The molecular weight excluding hydrogens is 498 g/mol. The molecule has 5 rings (SSSR count). The van der Waals surface area contributed by atoms with Gasteiger partial charge in [-0.25, -0.2) is 9.78 Å². The predicted molar refractivity (Wildman–Crippen MR) is 124 cm³/mol. The molecular formula is C23H21BrClN3O4. The average molecular weight is 519 g/mol. The van der Waals surface area contributed by atoms with Gasteiger partial charge >= 0.3 is 6.09 Å². The molecule has 32 heavy (non-hydrogen) atoms. The molecule has 0 N–H and O–H groups in total. The van der Waals surface area contributed by atoms with Crippen molar-refractivity contribution in [2.45, 2.75) is 38.5 Å². The smallest absolute Gasteiger partial charge is 0.410 e. The van der Waals surface area contributed by atoms with E-state index in [1.54, 1.807) is 15.5 Å². The monoisotopic (exact) mass is 517 g/mol. The number of carbonyl (C=O) groups is 1. The van der Waals surface area contributed by atoms with Crippen molar-refractivity contribution in [1.82, 2.24) is 14.5 Å². The summed E-state index contributed by atoms with van der Waals surface area (Å²) in [5, 5.41) is 1.15. The fraction of sp³-hybridized carbons (Fsp3) is 0.348. The average Bonchev–Trinajstić information content (AvgIpc) is 3.14. The van der Waals surface area contributed by atoms with Gasteiger partial charge in [0.15, 0.2) is 0 Å². The maximum Gasteiger partial charge on any atom is 0.410 e. The Bertz CT molecular complexity index is 1260. The number of halogens is 2. The highest BCUT2D eigenvalue weighted by Crippen LogP contribution is 2.33. The molecule has 0 bridgehead atoms. The first-order chi connectivity index (χ1) is 15.4. The van der Waals surface area contributed by atoms with Crippen LogP contribution in [0.2, 0.25) is 5.02 Å². The van der Waals surface area contributed by atoms with Gasteiger partial charge in [-0.2, -0.15) is 0 Å². The van der Waals surface area contributed by atoms with Gasteiger partial charge in [-0.3, -0.25) is 9.36 Å². The third kappa shape index (κ3) is 3.97. The highest BCUT2D eigenvalue weighted by atomic mass is 79.9. The lowest BCUT2D eigenvalue weighted by Gasteiger charge is -2.32. The summed E-state index contributed by atoms with van der Waals surface area (Å²) in [6.07, 6.45) is 1.10. The fourth-order valence-corrected chi connectivity index (χ4v) is 4.88. The molecule has 2 atom stereocenters. The van der Waals surface area contributed by atoms with Crippen molar-refractivity contribution in [3.8, 4) is 5.75 Å². The van der Waals surface area contributed by atoms with Gasteiger partial charge in [0.1, 0.15) is 24.3 Å². The summed E-state index contributed by atoms with van der Waals surface area (Å²) in [4.78, 5) is 31.5. The van der Waals surface area contributed by atoms with Crippen LogP contribution >= 0.6 is 27.5 Å². The maximum atomic E-state index is 13.3. The van der Waals surface area contributed by atoms with Gasteiger partial charge in [0, 0.05) is 24.4 Å². The highest BCUT2D eigenvalue weighted by molar-refractivity contribution is 9.10. The normalized spacial score (nSPS) is 20.3. The van der Waals surface area contributed by atoms with E-state index >= 15 is 0 Å². The molecule has 0 saturated carbocycles. The number of nitrogens with zero attached hydrogens (tertiary/aromatic N) is 3. The second kappa shape index (κ2) is 8.41. The van der Waals surface area contributed by atoms with Crippen LogP contribution in [0.15, 0.2) is 45.7 Å². The summed E-state index contributed by atoms with van der Waals surface area (Å²) < 4.78 is 13.8. The molecule has 1 amide bonds. The van der Waals surface area contributed by atoms with E-state index in [0.717, 1.165) is 10.0 Å². The predicted octanol–water partition coefficient (Wildman–Crippen LogP) is 4.53. The molecule has 0 unspecified atom stereocenters. The first-order valence-electron chi connectivity index (χ1n) is 10.4. The van der Waals surface area contributed by atoms with E-state index in [2.05, 4.69) is 20.9 Å². The van der Waals surface area contributed by atoms with E-state index in [-0.39, 0.29) is 23.8 Å². The number of carbonyl (C=O) groups excluding carboxylic acids is 1. The van der Waals surface area contributed by atoms with Crippen LogP contribution in [0, 0.1) is 6.92 Å². The molecule has 0 spiro atoms. The number of aromatic nitrogens is 2. The van der Waals surface area contributed by atoms with Gasteiger partial charge in [0.05, 0.1) is 28.0 Å². The number of piperidine rings is 1. The third-order valence-electron chi connectivity index (χ3n) is 6.05. The Labute approximate surface area is 198 Å². The molecule has 2 aliphatic heterocycles. The zero-order valence-electron chi connectivity index (χ0n) is 17.4. The van der Waals surface area contributed by atoms with Crippen LogP contribution in [-0.4, -0.2) is 45.8 Å². The SMILES string of the molecule is Cc1nc2cc(Br)c(O[C@H]3CCN4C(=O)OC[C@@H]4C3)cc2c(=O)n1Cc1ccc(Cl)cc1. The number of amides is 1. The quantitative estimate of drug-likeness (QED) is 0.507. The first-order valence-corrected chi connectivity index (χ1v) is 11.6. The second-order valence-electron chi connectivity index (χ2n) is 8.16. The van der Waals surface area contributed by atoms with Crippen LogP contribution in [0.25, 0.3) is 10.9 Å². The molecule has 0 radical (unpaired) electrons. The molecule has 2 fully saturated rings. The van der Waals surface area contributed by atoms with Crippen molar-refractivity contribution in [3.63, 3.8) is 0 Å². The zero-order chi connectivity index (χ0) is 22.4. The number of rotatable bonds is 4.